The maximum Gasteiger partial charge on any atom is 0.0622 e. The van der Waals surface area contributed by atoms with Crippen molar-refractivity contribution in [2.45, 2.75) is 25.7 Å². The zero-order chi connectivity index (χ0) is 10.2. The Morgan fingerprint density at radius 2 is 2.00 bits per heavy atom. The Balaban J connectivity index is 1.97. The van der Waals surface area contributed by atoms with E-state index in [0.29, 0.717) is 6.42 Å². The fourth-order valence-electron chi connectivity index (χ4n) is 1.86. The van der Waals surface area contributed by atoms with E-state index in [9.17, 15) is 0 Å². The van der Waals surface area contributed by atoms with Gasteiger partial charge in [0.25, 0.3) is 0 Å². The summed E-state index contributed by atoms with van der Waals surface area (Å²) in [6, 6.07) is 2.18. The maximum absolute atomic E-state index is 8.40. The lowest BCUT2D eigenvalue weighted by Gasteiger charge is -2.20. The Kier molecular flexibility index (Phi) is 5.58. The summed E-state index contributed by atoms with van der Waals surface area (Å²) in [5.74, 6) is 0. The van der Waals surface area contributed by atoms with Crippen LogP contribution in [-0.4, -0.2) is 49.6 Å². The lowest BCUT2D eigenvalue weighted by atomic mass is 10.3. The quantitative estimate of drug-likeness (QED) is 0.599. The topological polar surface area (TPSA) is 30.3 Å². The van der Waals surface area contributed by atoms with E-state index in [1.807, 2.05) is 0 Å². The normalized spacial score (nSPS) is 17.5. The van der Waals surface area contributed by atoms with Crippen LogP contribution in [0, 0.1) is 11.3 Å². The molecule has 0 spiro atoms. The molecular weight excluding hydrogens is 174 g/mol. The zero-order valence-corrected chi connectivity index (χ0v) is 9.21. The van der Waals surface area contributed by atoms with Crippen LogP contribution in [0.1, 0.15) is 25.7 Å². The zero-order valence-electron chi connectivity index (χ0n) is 9.21. The predicted molar refractivity (Wildman–Crippen MR) is 58.0 cm³/mol. The van der Waals surface area contributed by atoms with Crippen molar-refractivity contribution >= 4 is 0 Å². The number of likely N-dealkylation sites (N-methyl/N-ethyl adjacent to an activating group) is 1. The second kappa shape index (κ2) is 6.80. The minimum absolute atomic E-state index is 0.689. The van der Waals surface area contributed by atoms with E-state index in [1.165, 1.54) is 32.5 Å². The second-order valence-electron chi connectivity index (χ2n) is 4.11. The van der Waals surface area contributed by atoms with Gasteiger partial charge in [-0.2, -0.15) is 5.26 Å². The molecule has 3 heteroatoms. The first kappa shape index (κ1) is 11.5. The molecule has 0 aromatic heterocycles. The van der Waals surface area contributed by atoms with Gasteiger partial charge in [0, 0.05) is 19.5 Å². The Hall–Kier alpha value is -0.590. The van der Waals surface area contributed by atoms with Crippen LogP contribution in [0.15, 0.2) is 0 Å². The molecule has 1 saturated heterocycles. The average molecular weight is 195 g/mol. The third-order valence-corrected chi connectivity index (χ3v) is 2.83. The Bertz CT molecular complexity index is 179. The summed E-state index contributed by atoms with van der Waals surface area (Å²) in [5, 5.41) is 8.40. The van der Waals surface area contributed by atoms with Crippen molar-refractivity contribution in [3.8, 4) is 6.07 Å². The molecule has 0 amide bonds. The van der Waals surface area contributed by atoms with Crippen molar-refractivity contribution in [1.29, 1.82) is 5.26 Å². The number of hydrogen-bond acceptors (Lipinski definition) is 3. The highest BCUT2D eigenvalue weighted by Crippen LogP contribution is 2.06. The number of rotatable bonds is 6. The molecule has 0 aliphatic carbocycles. The SMILES string of the molecule is CN(CCCC#N)CCN1CCCC1. The Morgan fingerprint density at radius 3 is 2.64 bits per heavy atom. The monoisotopic (exact) mass is 195 g/mol. The van der Waals surface area contributed by atoms with Gasteiger partial charge in [-0.3, -0.25) is 0 Å². The average Bonchev–Trinajstić information content (AvgIpc) is 2.68. The molecule has 0 atom stereocenters. The molecule has 0 aromatic rings. The summed E-state index contributed by atoms with van der Waals surface area (Å²) in [4.78, 5) is 4.86. The van der Waals surface area contributed by atoms with E-state index in [-0.39, 0.29) is 0 Å². The first-order valence-electron chi connectivity index (χ1n) is 5.61. The number of nitrogens with zero attached hydrogens (tertiary/aromatic N) is 3. The molecule has 80 valence electrons. The highest BCUT2D eigenvalue weighted by atomic mass is 15.2. The highest BCUT2D eigenvalue weighted by molar-refractivity contribution is 4.70. The lowest BCUT2D eigenvalue weighted by Crippen LogP contribution is -2.31. The van der Waals surface area contributed by atoms with Crippen LogP contribution >= 0.6 is 0 Å². The van der Waals surface area contributed by atoms with Crippen molar-refractivity contribution in [3.05, 3.63) is 0 Å². The molecule has 3 nitrogen and oxygen atoms in total. The van der Waals surface area contributed by atoms with Gasteiger partial charge >= 0.3 is 0 Å². The van der Waals surface area contributed by atoms with E-state index in [4.69, 9.17) is 5.26 Å². The number of hydrogen-bond donors (Lipinski definition) is 0. The molecule has 1 heterocycles. The van der Waals surface area contributed by atoms with Gasteiger partial charge < -0.3 is 9.80 Å². The van der Waals surface area contributed by atoms with E-state index >= 15 is 0 Å². The minimum atomic E-state index is 0.689. The maximum atomic E-state index is 8.40. The predicted octanol–water partition coefficient (Wildman–Crippen LogP) is 1.32. The molecular formula is C11H21N3. The van der Waals surface area contributed by atoms with Gasteiger partial charge in [-0.15, -0.1) is 0 Å². The van der Waals surface area contributed by atoms with E-state index in [2.05, 4.69) is 22.9 Å². The summed E-state index contributed by atoms with van der Waals surface area (Å²) in [7, 11) is 2.15. The molecule has 0 radical (unpaired) electrons. The minimum Gasteiger partial charge on any atom is -0.305 e. The van der Waals surface area contributed by atoms with Crippen molar-refractivity contribution in [2.75, 3.05) is 39.8 Å². The van der Waals surface area contributed by atoms with Crippen LogP contribution in [-0.2, 0) is 0 Å². The van der Waals surface area contributed by atoms with Crippen molar-refractivity contribution in [2.24, 2.45) is 0 Å². The lowest BCUT2D eigenvalue weighted by molar-refractivity contribution is 0.256. The summed E-state index contributed by atoms with van der Waals surface area (Å²) >= 11 is 0. The first-order valence-corrected chi connectivity index (χ1v) is 5.61. The molecule has 1 aliphatic rings. The van der Waals surface area contributed by atoms with Crippen LogP contribution < -0.4 is 0 Å². The van der Waals surface area contributed by atoms with Crippen LogP contribution in [0.4, 0.5) is 0 Å². The number of unbranched alkanes of at least 4 members (excludes halogenated alkanes) is 1. The molecule has 0 saturated carbocycles. The van der Waals surface area contributed by atoms with E-state index < -0.39 is 0 Å². The fourth-order valence-corrected chi connectivity index (χ4v) is 1.86. The largest absolute Gasteiger partial charge is 0.305 e. The van der Waals surface area contributed by atoms with Gasteiger partial charge in [-0.25, -0.2) is 0 Å². The van der Waals surface area contributed by atoms with Crippen molar-refractivity contribution < 1.29 is 0 Å². The number of nitriles is 1. The molecule has 1 fully saturated rings. The highest BCUT2D eigenvalue weighted by Gasteiger charge is 2.11. The van der Waals surface area contributed by atoms with Gasteiger partial charge in [0.1, 0.15) is 0 Å². The van der Waals surface area contributed by atoms with Crippen molar-refractivity contribution in [3.63, 3.8) is 0 Å². The van der Waals surface area contributed by atoms with Crippen LogP contribution in [0.3, 0.4) is 0 Å². The van der Waals surface area contributed by atoms with Gasteiger partial charge in [0.2, 0.25) is 0 Å². The van der Waals surface area contributed by atoms with E-state index in [0.717, 1.165) is 19.5 Å². The molecule has 0 bridgehead atoms. The van der Waals surface area contributed by atoms with Crippen LogP contribution in [0.2, 0.25) is 0 Å². The standard InChI is InChI=1S/C11H21N3/c1-13(7-3-2-6-12)10-11-14-8-4-5-9-14/h2-5,7-11H2,1H3. The first-order chi connectivity index (χ1) is 6.83. The Morgan fingerprint density at radius 1 is 1.29 bits per heavy atom. The molecule has 1 aliphatic heterocycles. The fraction of sp³-hybridized carbons (Fsp3) is 0.909. The van der Waals surface area contributed by atoms with Gasteiger partial charge in [0.15, 0.2) is 0 Å². The van der Waals surface area contributed by atoms with Gasteiger partial charge in [-0.05, 0) is 45.9 Å². The van der Waals surface area contributed by atoms with Crippen LogP contribution in [0.5, 0.6) is 0 Å². The van der Waals surface area contributed by atoms with Gasteiger partial charge in [-0.1, -0.05) is 0 Å². The summed E-state index contributed by atoms with van der Waals surface area (Å²) in [6.45, 7) is 5.97. The molecule has 0 N–H and O–H groups in total. The third kappa shape index (κ3) is 4.59. The molecule has 14 heavy (non-hydrogen) atoms. The smallest absolute Gasteiger partial charge is 0.0622 e. The van der Waals surface area contributed by atoms with E-state index in [1.54, 1.807) is 0 Å². The molecule has 0 unspecified atom stereocenters. The van der Waals surface area contributed by atoms with Crippen molar-refractivity contribution in [1.82, 2.24) is 9.80 Å². The second-order valence-corrected chi connectivity index (χ2v) is 4.11. The van der Waals surface area contributed by atoms with Gasteiger partial charge in [0.05, 0.1) is 6.07 Å². The van der Waals surface area contributed by atoms with Crippen LogP contribution in [0.25, 0.3) is 0 Å². The summed E-state index contributed by atoms with van der Waals surface area (Å²) in [5.41, 5.74) is 0. The number of likely N-dealkylation sites (tertiary alicyclic amines) is 1. The molecule has 1 rings (SSSR count). The molecule has 0 aromatic carbocycles. The third-order valence-electron chi connectivity index (χ3n) is 2.83. The summed E-state index contributed by atoms with van der Waals surface area (Å²) < 4.78 is 0. The Labute approximate surface area is 87.3 Å². The summed E-state index contributed by atoms with van der Waals surface area (Å²) in [6.07, 6.45) is 4.44.